The first-order chi connectivity index (χ1) is 9.07. The number of amides is 1. The molecule has 2 heterocycles. The fourth-order valence-corrected chi connectivity index (χ4v) is 3.09. The monoisotopic (exact) mass is 283 g/mol. The van der Waals surface area contributed by atoms with Crippen LogP contribution in [0.3, 0.4) is 0 Å². The topological polar surface area (TPSA) is 63.2 Å². The molecular formula is C13H21N3O2S. The van der Waals surface area contributed by atoms with Gasteiger partial charge < -0.3 is 15.4 Å². The van der Waals surface area contributed by atoms with Gasteiger partial charge in [0, 0.05) is 18.2 Å². The van der Waals surface area contributed by atoms with Crippen LogP contribution in [0.1, 0.15) is 35.7 Å². The van der Waals surface area contributed by atoms with E-state index in [1.165, 1.54) is 0 Å². The van der Waals surface area contributed by atoms with Gasteiger partial charge in [0.2, 0.25) is 0 Å². The molecule has 1 fully saturated rings. The molecule has 2 N–H and O–H groups in total. The third-order valence-corrected chi connectivity index (χ3v) is 4.67. The van der Waals surface area contributed by atoms with Crippen LogP contribution in [0.25, 0.3) is 0 Å². The van der Waals surface area contributed by atoms with E-state index in [4.69, 9.17) is 4.74 Å². The van der Waals surface area contributed by atoms with E-state index < -0.39 is 5.60 Å². The van der Waals surface area contributed by atoms with Gasteiger partial charge in [0.05, 0.1) is 6.04 Å². The highest BCUT2D eigenvalue weighted by Gasteiger charge is 2.40. The Labute approximate surface area is 117 Å². The number of methoxy groups -OCH3 is 1. The van der Waals surface area contributed by atoms with Crippen molar-refractivity contribution in [2.75, 3.05) is 20.2 Å². The molecule has 0 spiro atoms. The largest absolute Gasteiger partial charge is 0.368 e. The highest BCUT2D eigenvalue weighted by atomic mass is 32.1. The number of carbonyl (C=O) groups excluding carboxylic acids is 1. The number of nitrogens with zero attached hydrogens (tertiary/aromatic N) is 1. The normalized spacial score (nSPS) is 19.9. The lowest BCUT2D eigenvalue weighted by Gasteiger charge is -2.35. The molecule has 1 saturated heterocycles. The number of nitrogens with one attached hydrogen (secondary N) is 2. The van der Waals surface area contributed by atoms with E-state index >= 15 is 0 Å². The summed E-state index contributed by atoms with van der Waals surface area (Å²) in [5.74, 6) is -0.0307. The first-order valence-corrected chi connectivity index (χ1v) is 7.38. The Bertz CT molecular complexity index is 441. The summed E-state index contributed by atoms with van der Waals surface area (Å²) >= 11 is 1.61. The zero-order valence-corrected chi connectivity index (χ0v) is 12.5. The molecule has 1 unspecified atom stereocenters. The Morgan fingerprint density at radius 2 is 2.26 bits per heavy atom. The molecule has 0 radical (unpaired) electrons. The number of thiazole rings is 1. The number of carbonyl (C=O) groups is 1. The molecule has 1 aromatic rings. The van der Waals surface area contributed by atoms with Crippen LogP contribution in [-0.4, -0.2) is 36.7 Å². The predicted octanol–water partition coefficient (Wildman–Crippen LogP) is 1.40. The molecule has 6 heteroatoms. The molecular weight excluding hydrogens is 262 g/mol. The van der Waals surface area contributed by atoms with Crippen LogP contribution < -0.4 is 10.6 Å². The maximum atomic E-state index is 12.5. The number of rotatable bonds is 4. The molecule has 0 aliphatic carbocycles. The minimum absolute atomic E-state index is 0.0307. The van der Waals surface area contributed by atoms with E-state index in [-0.39, 0.29) is 11.9 Å². The van der Waals surface area contributed by atoms with Crippen LogP contribution >= 0.6 is 11.3 Å². The van der Waals surface area contributed by atoms with Gasteiger partial charge in [0.25, 0.3) is 5.91 Å². The Morgan fingerprint density at radius 1 is 1.58 bits per heavy atom. The number of aromatic nitrogens is 1. The Morgan fingerprint density at radius 3 is 2.79 bits per heavy atom. The maximum Gasteiger partial charge on any atom is 0.252 e. The summed E-state index contributed by atoms with van der Waals surface area (Å²) in [6, 6.07) is -0.0758. The average Bonchev–Trinajstić information content (AvgIpc) is 2.86. The van der Waals surface area contributed by atoms with Crippen molar-refractivity contribution in [3.8, 4) is 0 Å². The Balaban J connectivity index is 2.03. The molecule has 19 heavy (non-hydrogen) atoms. The molecule has 106 valence electrons. The first-order valence-electron chi connectivity index (χ1n) is 6.56. The van der Waals surface area contributed by atoms with Crippen LogP contribution in [0.2, 0.25) is 0 Å². The SMILES string of the molecule is COC1(C(=O)NC(C)c2ncc(C)s2)CCNCC1. The second kappa shape index (κ2) is 5.98. The summed E-state index contributed by atoms with van der Waals surface area (Å²) in [6.45, 7) is 5.60. The second-order valence-electron chi connectivity index (χ2n) is 4.95. The molecule has 0 bridgehead atoms. The average molecular weight is 283 g/mol. The molecule has 1 amide bonds. The summed E-state index contributed by atoms with van der Waals surface area (Å²) < 4.78 is 5.51. The Kier molecular flexibility index (Phi) is 4.54. The standard InChI is InChI=1S/C13H21N3O2S/c1-9-8-15-11(19-9)10(2)16-12(17)13(18-3)4-6-14-7-5-13/h8,10,14H,4-7H2,1-3H3,(H,16,17). The van der Waals surface area contributed by atoms with Crippen molar-refractivity contribution < 1.29 is 9.53 Å². The van der Waals surface area contributed by atoms with Crippen molar-refractivity contribution in [2.24, 2.45) is 0 Å². The van der Waals surface area contributed by atoms with Gasteiger partial charge in [0.1, 0.15) is 10.6 Å². The van der Waals surface area contributed by atoms with Crippen LogP contribution in [0.5, 0.6) is 0 Å². The van der Waals surface area contributed by atoms with E-state index in [0.717, 1.165) is 23.0 Å². The fourth-order valence-electron chi connectivity index (χ4n) is 2.32. The fraction of sp³-hybridized carbons (Fsp3) is 0.692. The molecule has 5 nitrogen and oxygen atoms in total. The lowest BCUT2D eigenvalue weighted by Crippen LogP contribution is -2.54. The summed E-state index contributed by atoms with van der Waals surface area (Å²) in [5, 5.41) is 7.21. The van der Waals surface area contributed by atoms with E-state index in [1.807, 2.05) is 20.0 Å². The molecule has 2 rings (SSSR count). The van der Waals surface area contributed by atoms with Crippen molar-refractivity contribution in [3.05, 3.63) is 16.1 Å². The highest BCUT2D eigenvalue weighted by molar-refractivity contribution is 7.11. The molecule has 1 aliphatic heterocycles. The number of hydrogen-bond acceptors (Lipinski definition) is 5. The van der Waals surface area contributed by atoms with Gasteiger partial charge in [-0.05, 0) is 39.8 Å². The van der Waals surface area contributed by atoms with Crippen LogP contribution in [0.15, 0.2) is 6.20 Å². The number of hydrogen-bond donors (Lipinski definition) is 2. The number of piperidine rings is 1. The van der Waals surface area contributed by atoms with Crippen molar-refractivity contribution >= 4 is 17.2 Å². The lowest BCUT2D eigenvalue weighted by atomic mass is 9.91. The van der Waals surface area contributed by atoms with E-state index in [1.54, 1.807) is 18.4 Å². The zero-order chi connectivity index (χ0) is 13.9. The van der Waals surface area contributed by atoms with E-state index in [2.05, 4.69) is 15.6 Å². The smallest absolute Gasteiger partial charge is 0.252 e. The maximum absolute atomic E-state index is 12.5. The van der Waals surface area contributed by atoms with Crippen molar-refractivity contribution in [3.63, 3.8) is 0 Å². The lowest BCUT2D eigenvalue weighted by molar-refractivity contribution is -0.147. The third kappa shape index (κ3) is 3.13. The minimum Gasteiger partial charge on any atom is -0.368 e. The van der Waals surface area contributed by atoms with Gasteiger partial charge in [-0.2, -0.15) is 0 Å². The van der Waals surface area contributed by atoms with Crippen molar-refractivity contribution in [1.82, 2.24) is 15.6 Å². The zero-order valence-electron chi connectivity index (χ0n) is 11.7. The van der Waals surface area contributed by atoms with Gasteiger partial charge in [-0.25, -0.2) is 4.98 Å². The van der Waals surface area contributed by atoms with E-state index in [9.17, 15) is 4.79 Å². The molecule has 1 atom stereocenters. The second-order valence-corrected chi connectivity index (χ2v) is 6.22. The van der Waals surface area contributed by atoms with Crippen LogP contribution in [-0.2, 0) is 9.53 Å². The van der Waals surface area contributed by atoms with Crippen LogP contribution in [0, 0.1) is 6.92 Å². The summed E-state index contributed by atoms with van der Waals surface area (Å²) in [6.07, 6.45) is 3.25. The molecule has 1 aromatic heterocycles. The van der Waals surface area contributed by atoms with Gasteiger partial charge >= 0.3 is 0 Å². The van der Waals surface area contributed by atoms with Gasteiger partial charge in [-0.15, -0.1) is 11.3 Å². The first kappa shape index (κ1) is 14.4. The summed E-state index contributed by atoms with van der Waals surface area (Å²) in [7, 11) is 1.61. The van der Waals surface area contributed by atoms with Gasteiger partial charge in [0.15, 0.2) is 0 Å². The van der Waals surface area contributed by atoms with Crippen LogP contribution in [0.4, 0.5) is 0 Å². The third-order valence-electron chi connectivity index (χ3n) is 3.57. The minimum atomic E-state index is -0.689. The number of ether oxygens (including phenoxy) is 1. The van der Waals surface area contributed by atoms with E-state index in [0.29, 0.717) is 12.8 Å². The Hall–Kier alpha value is -0.980. The molecule has 0 saturated carbocycles. The van der Waals surface area contributed by atoms with Crippen molar-refractivity contribution in [2.45, 2.75) is 38.3 Å². The number of aryl methyl sites for hydroxylation is 1. The molecule has 1 aliphatic rings. The highest BCUT2D eigenvalue weighted by Crippen LogP contribution is 2.25. The summed E-state index contributed by atoms with van der Waals surface area (Å²) in [5.41, 5.74) is -0.689. The predicted molar refractivity (Wildman–Crippen MR) is 75.3 cm³/mol. The van der Waals surface area contributed by atoms with Crippen molar-refractivity contribution in [1.29, 1.82) is 0 Å². The van der Waals surface area contributed by atoms with Gasteiger partial charge in [-0.3, -0.25) is 4.79 Å². The quantitative estimate of drug-likeness (QED) is 0.877. The summed E-state index contributed by atoms with van der Waals surface area (Å²) in [4.78, 5) is 17.9. The van der Waals surface area contributed by atoms with Gasteiger partial charge in [-0.1, -0.05) is 0 Å². The molecule has 0 aromatic carbocycles.